The van der Waals surface area contributed by atoms with Crippen molar-refractivity contribution < 1.29 is 14.5 Å². The average molecular weight is 180 g/mol. The molecule has 0 aliphatic carbocycles. The first-order valence-corrected chi connectivity index (χ1v) is 3.64. The largest absolute Gasteiger partial charge is 0.447 e. The Morgan fingerprint density at radius 2 is 1.92 bits per heavy atom. The van der Waals surface area contributed by atoms with Crippen molar-refractivity contribution in [3.8, 4) is 0 Å². The van der Waals surface area contributed by atoms with Crippen LogP contribution in [0.15, 0.2) is 24.3 Å². The second-order valence-corrected chi connectivity index (χ2v) is 2.59. The molecule has 0 saturated heterocycles. The molecule has 2 rings (SSSR count). The van der Waals surface area contributed by atoms with Crippen LogP contribution >= 0.6 is 0 Å². The van der Waals surface area contributed by atoms with E-state index in [0.717, 1.165) is 4.73 Å². The third kappa shape index (κ3) is 0.994. The summed E-state index contributed by atoms with van der Waals surface area (Å²) < 4.78 is 1.22. The molecule has 0 atom stereocenters. The second kappa shape index (κ2) is 2.44. The molecule has 0 saturated carbocycles. The summed E-state index contributed by atoms with van der Waals surface area (Å²) in [5.74, 6) is -0.117. The maximum atomic E-state index is 11.2. The topological polar surface area (TPSA) is 88.9 Å². The average Bonchev–Trinajstić information content (AvgIpc) is 2.15. The van der Waals surface area contributed by atoms with E-state index in [4.69, 9.17) is 5.73 Å². The number of nitrogens with one attached hydrogen (secondary N) is 1. The molecule has 0 bridgehead atoms. The number of fused-ring (bicyclic) bond motifs is 1. The summed E-state index contributed by atoms with van der Waals surface area (Å²) in [6, 6.07) is 6.56. The quantitative estimate of drug-likeness (QED) is 0.366. The number of hydrogen-bond acceptors (Lipinski definition) is 3. The Bertz CT molecular complexity index is 519. The van der Waals surface area contributed by atoms with E-state index in [2.05, 4.69) is 5.10 Å². The molecule has 0 aliphatic heterocycles. The number of aromatic nitrogens is 3. The third-order valence-electron chi connectivity index (χ3n) is 1.77. The molecule has 6 heteroatoms. The molecular formula is C7H8N4O2+2. The van der Waals surface area contributed by atoms with E-state index in [1.807, 2.05) is 0 Å². The standard InChI is InChI=1S/C7H7N4O2/c8-7-9-11(13)6-4-2-1-3-5(6)10(7)12/h1-4,12H,(H2,8,9,13)/q+1/p+1. The molecule has 0 spiro atoms. The fraction of sp³-hybridized carbons (Fsp3) is 0. The van der Waals surface area contributed by atoms with E-state index in [9.17, 15) is 10.1 Å². The van der Waals surface area contributed by atoms with Crippen LogP contribution in [0.1, 0.15) is 0 Å². The zero-order valence-electron chi connectivity index (χ0n) is 6.64. The van der Waals surface area contributed by atoms with Gasteiger partial charge in [0.1, 0.15) is 0 Å². The van der Waals surface area contributed by atoms with Crippen LogP contribution in [0.5, 0.6) is 0 Å². The van der Waals surface area contributed by atoms with Crippen molar-refractivity contribution in [2.24, 2.45) is 0 Å². The highest BCUT2D eigenvalue weighted by Gasteiger charge is 2.18. The number of nitrogens with two attached hydrogens (primary N) is 1. The fourth-order valence-electron chi connectivity index (χ4n) is 1.16. The van der Waals surface area contributed by atoms with Gasteiger partial charge in [-0.05, 0) is 10.8 Å². The summed E-state index contributed by atoms with van der Waals surface area (Å²) in [4.78, 5) is 11.2. The van der Waals surface area contributed by atoms with Crippen LogP contribution in [0, 0.1) is 4.91 Å². The van der Waals surface area contributed by atoms with Crippen LogP contribution in [0.25, 0.3) is 11.0 Å². The number of aromatic amines is 1. The third-order valence-corrected chi connectivity index (χ3v) is 1.77. The van der Waals surface area contributed by atoms with Gasteiger partial charge in [-0.3, -0.25) is 5.73 Å². The van der Waals surface area contributed by atoms with Gasteiger partial charge < -0.3 is 5.21 Å². The highest BCUT2D eigenvalue weighted by atomic mass is 16.5. The van der Waals surface area contributed by atoms with Crippen molar-refractivity contribution in [3.05, 3.63) is 29.2 Å². The Hall–Kier alpha value is -2.11. The first kappa shape index (κ1) is 7.53. The molecule has 4 N–H and O–H groups in total. The monoisotopic (exact) mass is 180 g/mol. The fourth-order valence-corrected chi connectivity index (χ4v) is 1.16. The number of para-hydroxylation sites is 2. The summed E-state index contributed by atoms with van der Waals surface area (Å²) in [6.45, 7) is 0. The van der Waals surface area contributed by atoms with Gasteiger partial charge in [0.15, 0.2) is 0 Å². The van der Waals surface area contributed by atoms with Crippen molar-refractivity contribution >= 4 is 17.0 Å². The minimum absolute atomic E-state index is 0.117. The summed E-state index contributed by atoms with van der Waals surface area (Å²) in [5.41, 5.74) is 6.00. The van der Waals surface area contributed by atoms with Crippen LogP contribution in [0.3, 0.4) is 0 Å². The Balaban J connectivity index is 3.06. The molecule has 1 heterocycles. The molecule has 0 amide bonds. The lowest BCUT2D eigenvalue weighted by Gasteiger charge is -1.92. The van der Waals surface area contributed by atoms with Gasteiger partial charge in [0.05, 0.1) is 4.91 Å². The van der Waals surface area contributed by atoms with Crippen molar-refractivity contribution in [3.63, 3.8) is 0 Å². The summed E-state index contributed by atoms with van der Waals surface area (Å²) in [7, 11) is 0. The summed E-state index contributed by atoms with van der Waals surface area (Å²) in [6.07, 6.45) is 0. The Kier molecular flexibility index (Phi) is 1.42. The molecule has 0 radical (unpaired) electrons. The van der Waals surface area contributed by atoms with Gasteiger partial charge in [0.2, 0.25) is 10.1 Å². The molecule has 2 aromatic rings. The highest BCUT2D eigenvalue weighted by Crippen LogP contribution is 2.01. The lowest BCUT2D eigenvalue weighted by atomic mass is 10.3. The lowest BCUT2D eigenvalue weighted by Crippen LogP contribution is -2.41. The van der Waals surface area contributed by atoms with Crippen LogP contribution in [-0.2, 0) is 0 Å². The molecule has 0 unspecified atom stereocenters. The number of nitrogen functional groups attached to an aromatic ring is 1. The normalized spacial score (nSPS) is 10.5. The van der Waals surface area contributed by atoms with Gasteiger partial charge in [-0.1, -0.05) is 12.1 Å². The van der Waals surface area contributed by atoms with E-state index >= 15 is 0 Å². The number of anilines is 1. The van der Waals surface area contributed by atoms with Crippen LogP contribution in [-0.4, -0.2) is 10.3 Å². The Morgan fingerprint density at radius 1 is 1.31 bits per heavy atom. The van der Waals surface area contributed by atoms with Crippen LogP contribution in [0.4, 0.5) is 5.95 Å². The zero-order valence-corrected chi connectivity index (χ0v) is 6.64. The van der Waals surface area contributed by atoms with Crippen molar-refractivity contribution in [2.45, 2.75) is 0 Å². The summed E-state index contributed by atoms with van der Waals surface area (Å²) in [5, 5.41) is 11.6. The smallest absolute Gasteiger partial charge is 0.371 e. The zero-order chi connectivity index (χ0) is 9.42. The number of hydrogen-bond donors (Lipinski definition) is 3. The maximum Gasteiger partial charge on any atom is 0.447 e. The number of nitrogens with zero attached hydrogens (tertiary/aromatic N) is 2. The number of H-pyrrole nitrogens is 1. The van der Waals surface area contributed by atoms with Gasteiger partial charge in [0.25, 0.3) is 0 Å². The molecule has 66 valence electrons. The van der Waals surface area contributed by atoms with Crippen molar-refractivity contribution in [1.29, 1.82) is 0 Å². The molecule has 0 fully saturated rings. The molecule has 6 nitrogen and oxygen atoms in total. The van der Waals surface area contributed by atoms with Gasteiger partial charge in [-0.15, -0.1) is 0 Å². The molecule has 1 aromatic carbocycles. The van der Waals surface area contributed by atoms with E-state index < -0.39 is 0 Å². The minimum Gasteiger partial charge on any atom is -0.371 e. The number of rotatable bonds is 0. The minimum atomic E-state index is -0.117. The van der Waals surface area contributed by atoms with Crippen molar-refractivity contribution in [2.75, 3.05) is 5.73 Å². The Labute approximate surface area is 72.4 Å². The molecule has 0 aliphatic rings. The molecule has 13 heavy (non-hydrogen) atoms. The van der Waals surface area contributed by atoms with Crippen LogP contribution in [0.2, 0.25) is 0 Å². The predicted octanol–water partition coefficient (Wildman–Crippen LogP) is -0.811. The van der Waals surface area contributed by atoms with E-state index in [-0.39, 0.29) is 5.95 Å². The first-order chi connectivity index (χ1) is 6.20. The van der Waals surface area contributed by atoms with Gasteiger partial charge >= 0.3 is 11.5 Å². The SMILES string of the molecule is Nc1[nH][n+](=O)c2ccccc2[n+]1O. The van der Waals surface area contributed by atoms with Crippen molar-refractivity contribution in [1.82, 2.24) is 5.10 Å². The first-order valence-electron chi connectivity index (χ1n) is 3.64. The van der Waals surface area contributed by atoms with E-state index in [0.29, 0.717) is 15.6 Å². The second-order valence-electron chi connectivity index (χ2n) is 2.59. The highest BCUT2D eigenvalue weighted by molar-refractivity contribution is 5.66. The lowest BCUT2D eigenvalue weighted by molar-refractivity contribution is -0.880. The number of benzene rings is 1. The molecule has 1 aromatic heterocycles. The van der Waals surface area contributed by atoms with Crippen LogP contribution < -0.4 is 15.0 Å². The van der Waals surface area contributed by atoms with Gasteiger partial charge in [-0.2, -0.15) is 0 Å². The van der Waals surface area contributed by atoms with E-state index in [1.54, 1.807) is 24.3 Å². The molecular weight excluding hydrogens is 172 g/mol. The van der Waals surface area contributed by atoms with Gasteiger partial charge in [0, 0.05) is 11.2 Å². The predicted molar refractivity (Wildman–Crippen MR) is 43.5 cm³/mol. The van der Waals surface area contributed by atoms with Gasteiger partial charge in [-0.25, -0.2) is 0 Å². The summed E-state index contributed by atoms with van der Waals surface area (Å²) >= 11 is 0. The maximum absolute atomic E-state index is 11.2. The van der Waals surface area contributed by atoms with E-state index in [1.165, 1.54) is 0 Å². The Morgan fingerprint density at radius 3 is 2.62 bits per heavy atom.